The normalized spacial score (nSPS) is 27.0. The van der Waals surface area contributed by atoms with Crippen molar-refractivity contribution in [1.82, 2.24) is 14.8 Å². The van der Waals surface area contributed by atoms with Crippen LogP contribution in [0.1, 0.15) is 31.4 Å². The molecule has 0 bridgehead atoms. The molecule has 0 saturated carbocycles. The third kappa shape index (κ3) is 3.02. The van der Waals surface area contributed by atoms with E-state index in [0.717, 1.165) is 22.5 Å². The van der Waals surface area contributed by atoms with Gasteiger partial charge in [0.2, 0.25) is 0 Å². The van der Waals surface area contributed by atoms with Gasteiger partial charge in [0, 0.05) is 36.2 Å². The average molecular weight is 332 g/mol. The SMILES string of the molecule is CN1CCCC2(CCCN(Cc3[nH]c4ccccc4c3Cl)C2)C1. The van der Waals surface area contributed by atoms with Crippen molar-refractivity contribution >= 4 is 22.5 Å². The summed E-state index contributed by atoms with van der Waals surface area (Å²) in [5, 5.41) is 2.05. The Balaban J connectivity index is 1.52. The topological polar surface area (TPSA) is 22.3 Å². The molecule has 23 heavy (non-hydrogen) atoms. The van der Waals surface area contributed by atoms with Crippen LogP contribution in [0, 0.1) is 5.41 Å². The second-order valence-corrected chi connectivity index (χ2v) is 8.00. The van der Waals surface area contributed by atoms with E-state index in [1.165, 1.54) is 57.6 Å². The molecule has 2 aromatic rings. The highest BCUT2D eigenvalue weighted by Crippen LogP contribution is 2.39. The summed E-state index contributed by atoms with van der Waals surface area (Å²) in [4.78, 5) is 8.65. The number of para-hydroxylation sites is 1. The first kappa shape index (κ1) is 15.5. The molecule has 0 radical (unpaired) electrons. The maximum absolute atomic E-state index is 6.61. The Labute approximate surface area is 143 Å². The number of aromatic nitrogens is 1. The van der Waals surface area contributed by atoms with Gasteiger partial charge in [-0.25, -0.2) is 0 Å². The van der Waals surface area contributed by atoms with E-state index in [4.69, 9.17) is 11.6 Å². The minimum absolute atomic E-state index is 0.504. The van der Waals surface area contributed by atoms with Gasteiger partial charge >= 0.3 is 0 Å². The molecule has 3 nitrogen and oxygen atoms in total. The summed E-state index contributed by atoms with van der Waals surface area (Å²) in [6.45, 7) is 5.86. The lowest BCUT2D eigenvalue weighted by molar-refractivity contribution is 0.0194. The van der Waals surface area contributed by atoms with Crippen LogP contribution in [0.25, 0.3) is 10.9 Å². The number of nitrogens with one attached hydrogen (secondary N) is 1. The third-order valence-electron chi connectivity index (χ3n) is 5.69. The highest BCUT2D eigenvalue weighted by molar-refractivity contribution is 6.36. The molecule has 1 spiro atoms. The zero-order valence-corrected chi connectivity index (χ0v) is 14.7. The predicted octanol–water partition coefficient (Wildman–Crippen LogP) is 4.13. The van der Waals surface area contributed by atoms with Gasteiger partial charge in [-0.15, -0.1) is 0 Å². The number of likely N-dealkylation sites (tertiary alicyclic amines) is 2. The Morgan fingerprint density at radius 1 is 1.13 bits per heavy atom. The summed E-state index contributed by atoms with van der Waals surface area (Å²) < 4.78 is 0. The summed E-state index contributed by atoms with van der Waals surface area (Å²) in [5.74, 6) is 0. The first-order chi connectivity index (χ1) is 11.2. The van der Waals surface area contributed by atoms with Crippen molar-refractivity contribution in [1.29, 1.82) is 0 Å². The van der Waals surface area contributed by atoms with Crippen molar-refractivity contribution in [3.63, 3.8) is 0 Å². The van der Waals surface area contributed by atoms with Gasteiger partial charge < -0.3 is 9.88 Å². The number of H-pyrrole nitrogens is 1. The predicted molar refractivity (Wildman–Crippen MR) is 97.0 cm³/mol. The van der Waals surface area contributed by atoms with Crippen LogP contribution in [0.2, 0.25) is 5.02 Å². The number of hydrogen-bond acceptors (Lipinski definition) is 2. The minimum atomic E-state index is 0.504. The molecule has 3 heterocycles. The first-order valence-electron chi connectivity index (χ1n) is 8.81. The van der Waals surface area contributed by atoms with Gasteiger partial charge in [0.05, 0.1) is 5.02 Å². The molecular formula is C19H26ClN3. The van der Waals surface area contributed by atoms with Crippen LogP contribution in [0.4, 0.5) is 0 Å². The summed E-state index contributed by atoms with van der Waals surface area (Å²) in [5.41, 5.74) is 2.83. The van der Waals surface area contributed by atoms with Crippen molar-refractivity contribution in [3.05, 3.63) is 35.0 Å². The van der Waals surface area contributed by atoms with Crippen molar-refractivity contribution in [2.75, 3.05) is 33.2 Å². The number of halogens is 1. The Hall–Kier alpha value is -1.03. The molecule has 1 aromatic carbocycles. The van der Waals surface area contributed by atoms with E-state index >= 15 is 0 Å². The molecular weight excluding hydrogens is 306 g/mol. The Kier molecular flexibility index (Phi) is 4.12. The molecule has 0 amide bonds. The van der Waals surface area contributed by atoms with Crippen molar-refractivity contribution < 1.29 is 0 Å². The molecule has 2 aliphatic heterocycles. The van der Waals surface area contributed by atoms with E-state index in [0.29, 0.717) is 5.41 Å². The van der Waals surface area contributed by atoms with E-state index in [2.05, 4.69) is 46.1 Å². The minimum Gasteiger partial charge on any atom is -0.356 e. The largest absolute Gasteiger partial charge is 0.356 e. The van der Waals surface area contributed by atoms with E-state index in [-0.39, 0.29) is 0 Å². The molecule has 1 unspecified atom stereocenters. The van der Waals surface area contributed by atoms with Gasteiger partial charge in [0.25, 0.3) is 0 Å². The number of benzene rings is 1. The van der Waals surface area contributed by atoms with E-state index < -0.39 is 0 Å². The van der Waals surface area contributed by atoms with Gasteiger partial charge in [-0.1, -0.05) is 29.8 Å². The van der Waals surface area contributed by atoms with Crippen LogP contribution < -0.4 is 0 Å². The van der Waals surface area contributed by atoms with Gasteiger partial charge in [-0.05, 0) is 57.3 Å². The van der Waals surface area contributed by atoms with Crippen LogP contribution in [0.3, 0.4) is 0 Å². The Bertz CT molecular complexity index is 691. The monoisotopic (exact) mass is 331 g/mol. The Morgan fingerprint density at radius 2 is 1.91 bits per heavy atom. The number of nitrogens with zero attached hydrogens (tertiary/aromatic N) is 2. The fourth-order valence-corrected chi connectivity index (χ4v) is 5.00. The summed E-state index contributed by atoms with van der Waals surface area (Å²) >= 11 is 6.61. The number of rotatable bonds is 2. The molecule has 2 aliphatic rings. The van der Waals surface area contributed by atoms with Crippen LogP contribution in [0.5, 0.6) is 0 Å². The maximum Gasteiger partial charge on any atom is 0.0705 e. The number of fused-ring (bicyclic) bond motifs is 1. The standard InChI is InChI=1S/C19H26ClN3/c1-22-10-4-8-19(13-22)9-5-11-23(14-19)12-17-18(20)15-6-2-3-7-16(15)21-17/h2-3,6-7,21H,4-5,8-14H2,1H3. The van der Waals surface area contributed by atoms with E-state index in [1.54, 1.807) is 0 Å². The lowest BCUT2D eigenvalue weighted by Crippen LogP contribution is -2.51. The molecule has 124 valence electrons. The quantitative estimate of drug-likeness (QED) is 0.894. The molecule has 4 rings (SSSR count). The van der Waals surface area contributed by atoms with Gasteiger partial charge in [0.1, 0.15) is 0 Å². The van der Waals surface area contributed by atoms with Crippen molar-refractivity contribution in [2.45, 2.75) is 32.2 Å². The van der Waals surface area contributed by atoms with Gasteiger partial charge in [0.15, 0.2) is 0 Å². The third-order valence-corrected chi connectivity index (χ3v) is 6.12. The molecule has 0 aliphatic carbocycles. The highest BCUT2D eigenvalue weighted by atomic mass is 35.5. The van der Waals surface area contributed by atoms with Crippen LogP contribution in [0.15, 0.2) is 24.3 Å². The van der Waals surface area contributed by atoms with E-state index in [1.807, 2.05) is 0 Å². The zero-order chi connectivity index (χ0) is 15.9. The lowest BCUT2D eigenvalue weighted by atomic mass is 9.74. The highest BCUT2D eigenvalue weighted by Gasteiger charge is 2.38. The maximum atomic E-state index is 6.61. The van der Waals surface area contributed by atoms with Crippen LogP contribution in [-0.4, -0.2) is 48.0 Å². The lowest BCUT2D eigenvalue weighted by Gasteiger charge is -2.47. The van der Waals surface area contributed by atoms with Gasteiger partial charge in [-0.2, -0.15) is 0 Å². The summed E-state index contributed by atoms with van der Waals surface area (Å²) in [7, 11) is 2.27. The number of aromatic amines is 1. The average Bonchev–Trinajstić information content (AvgIpc) is 2.84. The molecule has 1 N–H and O–H groups in total. The molecule has 4 heteroatoms. The van der Waals surface area contributed by atoms with Crippen LogP contribution in [-0.2, 0) is 6.54 Å². The molecule has 2 saturated heterocycles. The fraction of sp³-hybridized carbons (Fsp3) is 0.579. The van der Waals surface area contributed by atoms with E-state index in [9.17, 15) is 0 Å². The molecule has 2 fully saturated rings. The number of piperidine rings is 2. The molecule has 1 aromatic heterocycles. The number of hydrogen-bond donors (Lipinski definition) is 1. The first-order valence-corrected chi connectivity index (χ1v) is 9.19. The van der Waals surface area contributed by atoms with Crippen LogP contribution >= 0.6 is 11.6 Å². The second kappa shape index (κ2) is 6.12. The second-order valence-electron chi connectivity index (χ2n) is 7.62. The summed E-state index contributed by atoms with van der Waals surface area (Å²) in [6.07, 6.45) is 5.42. The van der Waals surface area contributed by atoms with Gasteiger partial charge in [-0.3, -0.25) is 4.90 Å². The fourth-order valence-electron chi connectivity index (χ4n) is 4.73. The molecule has 1 atom stereocenters. The zero-order valence-electron chi connectivity index (χ0n) is 13.9. The van der Waals surface area contributed by atoms with Crippen molar-refractivity contribution in [2.24, 2.45) is 5.41 Å². The Morgan fingerprint density at radius 3 is 2.70 bits per heavy atom. The summed E-state index contributed by atoms with van der Waals surface area (Å²) in [6, 6.07) is 8.33. The smallest absolute Gasteiger partial charge is 0.0705 e. The van der Waals surface area contributed by atoms with Crippen molar-refractivity contribution in [3.8, 4) is 0 Å².